The Balaban J connectivity index is 2.47. The van der Waals surface area contributed by atoms with Crippen LogP contribution in [0.3, 0.4) is 0 Å². The van der Waals surface area contributed by atoms with E-state index in [9.17, 15) is 14.4 Å². The molecule has 0 bridgehead atoms. The third-order valence-electron chi connectivity index (χ3n) is 3.83. The summed E-state index contributed by atoms with van der Waals surface area (Å²) in [6, 6.07) is 0. The Morgan fingerprint density at radius 2 is 1.79 bits per heavy atom. The van der Waals surface area contributed by atoms with E-state index in [2.05, 4.69) is 10.0 Å². The lowest BCUT2D eigenvalue weighted by Gasteiger charge is -2.28. The summed E-state index contributed by atoms with van der Waals surface area (Å²) in [5, 5.41) is 4.02. The van der Waals surface area contributed by atoms with E-state index in [1.807, 2.05) is 13.8 Å². The first-order chi connectivity index (χ1) is 11.1. The summed E-state index contributed by atoms with van der Waals surface area (Å²) in [7, 11) is 0. The van der Waals surface area contributed by atoms with E-state index >= 15 is 0 Å². The topological polar surface area (TPSA) is 122 Å². The van der Waals surface area contributed by atoms with Crippen molar-refractivity contribution in [1.29, 1.82) is 0 Å². The molecule has 1 rings (SSSR count). The Hall–Kier alpha value is -2.12. The van der Waals surface area contributed by atoms with E-state index in [0.29, 0.717) is 24.4 Å². The molecule has 134 valence electrons. The van der Waals surface area contributed by atoms with Crippen LogP contribution in [0.5, 0.6) is 0 Å². The average Bonchev–Trinajstić information content (AvgIpc) is 2.78. The summed E-state index contributed by atoms with van der Waals surface area (Å²) in [5.41, 5.74) is 6.87. The summed E-state index contributed by atoms with van der Waals surface area (Å²) in [6.07, 6.45) is 1.04. The highest BCUT2D eigenvalue weighted by molar-refractivity contribution is 6.01. The number of hydrogen-bond donors (Lipinski definition) is 0. The summed E-state index contributed by atoms with van der Waals surface area (Å²) in [6.45, 7) is 7.67. The molecule has 1 fully saturated rings. The van der Waals surface area contributed by atoms with Gasteiger partial charge >= 0.3 is 5.97 Å². The lowest BCUT2D eigenvalue weighted by atomic mass is 9.90. The molecule has 2 amide bonds. The average molecular weight is 340 g/mol. The lowest BCUT2D eigenvalue weighted by molar-refractivity contribution is -0.205. The minimum atomic E-state index is -0.913. The number of ether oxygens (including phenoxy) is 1. The molecule has 0 spiro atoms. The van der Waals surface area contributed by atoms with Gasteiger partial charge in [0.25, 0.3) is 11.8 Å². The van der Waals surface area contributed by atoms with Crippen LogP contribution < -0.4 is 0 Å². The van der Waals surface area contributed by atoms with Crippen molar-refractivity contribution in [2.75, 3.05) is 13.2 Å². The van der Waals surface area contributed by atoms with E-state index in [-0.39, 0.29) is 19.4 Å². The van der Waals surface area contributed by atoms with Crippen molar-refractivity contribution in [2.24, 2.45) is 10.5 Å². The smallest absolute Gasteiger partial charge is 0.338 e. The fourth-order valence-electron chi connectivity index (χ4n) is 1.99. The van der Waals surface area contributed by atoms with Crippen molar-refractivity contribution in [2.45, 2.75) is 59.0 Å². The SMILES string of the molecule is CC(C)(CCN=[N+]=[N-])OCCC(C)(C)C(=O)ON1C(=O)CCC1=O. The molecule has 0 aliphatic carbocycles. The number of imide groups is 1. The van der Waals surface area contributed by atoms with E-state index in [1.54, 1.807) is 13.8 Å². The van der Waals surface area contributed by atoms with Crippen molar-refractivity contribution in [1.82, 2.24) is 5.06 Å². The standard InChI is InChI=1S/C15H24N4O5/c1-14(2,8-10-23-15(3,4)7-9-17-18-16)13(22)24-19-11(20)5-6-12(19)21/h5-10H2,1-4H3. The minimum Gasteiger partial charge on any atom is -0.376 e. The van der Waals surface area contributed by atoms with Gasteiger partial charge in [-0.2, -0.15) is 0 Å². The molecule has 0 aromatic carbocycles. The number of nitrogens with zero attached hydrogens (tertiary/aromatic N) is 4. The summed E-state index contributed by atoms with van der Waals surface area (Å²) < 4.78 is 5.74. The first-order valence-electron chi connectivity index (χ1n) is 7.82. The third kappa shape index (κ3) is 5.82. The Kier molecular flexibility index (Phi) is 6.74. The highest BCUT2D eigenvalue weighted by atomic mass is 16.7. The number of amides is 2. The predicted molar refractivity (Wildman–Crippen MR) is 84.2 cm³/mol. The van der Waals surface area contributed by atoms with Crippen molar-refractivity contribution in [3.8, 4) is 0 Å². The van der Waals surface area contributed by atoms with Crippen LogP contribution >= 0.6 is 0 Å². The van der Waals surface area contributed by atoms with E-state index in [4.69, 9.17) is 15.1 Å². The van der Waals surface area contributed by atoms with Gasteiger partial charge in [0.2, 0.25) is 0 Å². The Labute approximate surface area is 140 Å². The van der Waals surface area contributed by atoms with Crippen molar-refractivity contribution in [3.05, 3.63) is 10.4 Å². The fourth-order valence-corrected chi connectivity index (χ4v) is 1.99. The first-order valence-corrected chi connectivity index (χ1v) is 7.82. The van der Waals surface area contributed by atoms with Crippen molar-refractivity contribution < 1.29 is 24.0 Å². The Morgan fingerprint density at radius 3 is 2.33 bits per heavy atom. The maximum Gasteiger partial charge on any atom is 0.338 e. The molecule has 0 unspecified atom stereocenters. The van der Waals surface area contributed by atoms with Crippen molar-refractivity contribution in [3.63, 3.8) is 0 Å². The van der Waals surface area contributed by atoms with Crippen LogP contribution in [0.25, 0.3) is 10.4 Å². The van der Waals surface area contributed by atoms with Crippen LogP contribution in [0.2, 0.25) is 0 Å². The second-order valence-corrected chi connectivity index (χ2v) is 6.91. The Morgan fingerprint density at radius 1 is 1.21 bits per heavy atom. The predicted octanol–water partition coefficient (Wildman–Crippen LogP) is 2.51. The van der Waals surface area contributed by atoms with Gasteiger partial charge in [-0.05, 0) is 46.1 Å². The number of carbonyl (C=O) groups is 3. The van der Waals surface area contributed by atoms with Gasteiger partial charge in [0.15, 0.2) is 0 Å². The van der Waals surface area contributed by atoms with Crippen LogP contribution in [0, 0.1) is 5.41 Å². The van der Waals surface area contributed by atoms with Gasteiger partial charge in [0.1, 0.15) is 0 Å². The lowest BCUT2D eigenvalue weighted by Crippen LogP contribution is -2.38. The number of hydrogen-bond acceptors (Lipinski definition) is 6. The molecule has 1 aliphatic heterocycles. The molecule has 0 radical (unpaired) electrons. The normalized spacial score (nSPS) is 15.4. The second-order valence-electron chi connectivity index (χ2n) is 6.91. The van der Waals surface area contributed by atoms with Crippen LogP contribution in [-0.4, -0.2) is 41.6 Å². The maximum absolute atomic E-state index is 12.2. The summed E-state index contributed by atoms with van der Waals surface area (Å²) >= 11 is 0. The number of carbonyl (C=O) groups excluding carboxylic acids is 3. The molecule has 0 aromatic heterocycles. The second kappa shape index (κ2) is 8.12. The largest absolute Gasteiger partial charge is 0.376 e. The quantitative estimate of drug-likeness (QED) is 0.276. The van der Waals surface area contributed by atoms with Crippen LogP contribution in [-0.2, 0) is 24.0 Å². The van der Waals surface area contributed by atoms with Gasteiger partial charge < -0.3 is 9.57 Å². The van der Waals surface area contributed by atoms with E-state index < -0.39 is 28.8 Å². The molecular weight excluding hydrogens is 316 g/mol. The first kappa shape index (κ1) is 19.9. The van der Waals surface area contributed by atoms with Gasteiger partial charge in [0.05, 0.1) is 11.0 Å². The molecule has 9 heteroatoms. The molecule has 0 atom stereocenters. The highest BCUT2D eigenvalue weighted by Gasteiger charge is 2.38. The highest BCUT2D eigenvalue weighted by Crippen LogP contribution is 2.26. The monoisotopic (exact) mass is 340 g/mol. The van der Waals surface area contributed by atoms with Gasteiger partial charge in [0, 0.05) is 30.9 Å². The zero-order chi connectivity index (χ0) is 18.4. The molecule has 0 saturated carbocycles. The van der Waals surface area contributed by atoms with Crippen LogP contribution in [0.1, 0.15) is 53.4 Å². The van der Waals surface area contributed by atoms with E-state index in [0.717, 1.165) is 0 Å². The molecule has 1 aliphatic rings. The zero-order valence-corrected chi connectivity index (χ0v) is 14.6. The Bertz CT molecular complexity index is 536. The minimum absolute atomic E-state index is 0.0645. The van der Waals surface area contributed by atoms with Gasteiger partial charge in [-0.3, -0.25) is 9.59 Å². The summed E-state index contributed by atoms with van der Waals surface area (Å²) in [5.74, 6) is -1.65. The van der Waals surface area contributed by atoms with Crippen LogP contribution in [0.4, 0.5) is 0 Å². The molecule has 9 nitrogen and oxygen atoms in total. The van der Waals surface area contributed by atoms with Gasteiger partial charge in [-0.25, -0.2) is 4.79 Å². The molecule has 1 heterocycles. The fraction of sp³-hybridized carbons (Fsp3) is 0.800. The molecule has 0 N–H and O–H groups in total. The third-order valence-corrected chi connectivity index (χ3v) is 3.83. The van der Waals surface area contributed by atoms with Crippen LogP contribution in [0.15, 0.2) is 5.11 Å². The van der Waals surface area contributed by atoms with Gasteiger partial charge in [-0.15, -0.1) is 5.06 Å². The number of rotatable bonds is 9. The molecular formula is C15H24N4O5. The van der Waals surface area contributed by atoms with Crippen molar-refractivity contribution >= 4 is 17.8 Å². The number of azide groups is 1. The summed E-state index contributed by atoms with van der Waals surface area (Å²) in [4.78, 5) is 42.8. The zero-order valence-electron chi connectivity index (χ0n) is 14.6. The number of hydroxylamine groups is 2. The molecule has 24 heavy (non-hydrogen) atoms. The molecule has 1 saturated heterocycles. The van der Waals surface area contributed by atoms with Gasteiger partial charge in [-0.1, -0.05) is 5.11 Å². The molecule has 0 aromatic rings. The van der Waals surface area contributed by atoms with E-state index in [1.165, 1.54) is 0 Å². The maximum atomic E-state index is 12.2.